The molecule has 0 aromatic heterocycles. The highest BCUT2D eigenvalue weighted by molar-refractivity contribution is 5.84. The van der Waals surface area contributed by atoms with Crippen LogP contribution in [0, 0.1) is 5.92 Å². The Morgan fingerprint density at radius 3 is 2.25 bits per heavy atom. The molecule has 88 valence electrons. The predicted molar refractivity (Wildman–Crippen MR) is 67.3 cm³/mol. The van der Waals surface area contributed by atoms with Crippen molar-refractivity contribution in [2.24, 2.45) is 11.7 Å². The molecule has 0 aliphatic rings. The van der Waals surface area contributed by atoms with E-state index in [1.165, 1.54) is 5.56 Å². The van der Waals surface area contributed by atoms with E-state index >= 15 is 0 Å². The molecule has 0 spiro atoms. The molecular weight excluding hydrogens is 198 g/mol. The van der Waals surface area contributed by atoms with Gasteiger partial charge in [0.25, 0.3) is 0 Å². The fourth-order valence-corrected chi connectivity index (χ4v) is 1.71. The van der Waals surface area contributed by atoms with E-state index in [0.717, 1.165) is 0 Å². The van der Waals surface area contributed by atoms with Crippen molar-refractivity contribution in [2.45, 2.75) is 39.2 Å². The topological polar surface area (TPSA) is 43.1 Å². The number of hydrogen-bond acceptors (Lipinski definition) is 2. The molecule has 0 radical (unpaired) electrons. The molecule has 2 N–H and O–H groups in total. The SMILES string of the molecule is CC(C)[C@H](N)C(=O)C[C@H](C)c1ccccc1. The molecule has 1 rings (SSSR count). The summed E-state index contributed by atoms with van der Waals surface area (Å²) in [5, 5.41) is 0. The van der Waals surface area contributed by atoms with Crippen LogP contribution in [0.25, 0.3) is 0 Å². The summed E-state index contributed by atoms with van der Waals surface area (Å²) in [4.78, 5) is 11.8. The molecule has 0 unspecified atom stereocenters. The van der Waals surface area contributed by atoms with Gasteiger partial charge in [0, 0.05) is 6.42 Å². The average Bonchev–Trinajstić information content (AvgIpc) is 2.28. The Bertz CT molecular complexity index is 332. The zero-order chi connectivity index (χ0) is 12.1. The second kappa shape index (κ2) is 5.80. The van der Waals surface area contributed by atoms with Gasteiger partial charge in [-0.1, -0.05) is 51.1 Å². The lowest BCUT2D eigenvalue weighted by Gasteiger charge is -2.17. The summed E-state index contributed by atoms with van der Waals surface area (Å²) in [5.74, 6) is 0.625. The average molecular weight is 219 g/mol. The van der Waals surface area contributed by atoms with Crippen molar-refractivity contribution in [3.8, 4) is 0 Å². The van der Waals surface area contributed by atoms with Gasteiger partial charge in [-0.05, 0) is 17.4 Å². The van der Waals surface area contributed by atoms with E-state index in [-0.39, 0.29) is 23.7 Å². The van der Waals surface area contributed by atoms with E-state index in [2.05, 4.69) is 19.1 Å². The van der Waals surface area contributed by atoms with E-state index in [0.29, 0.717) is 6.42 Å². The standard InChI is InChI=1S/C14H21NO/c1-10(2)14(15)13(16)9-11(3)12-7-5-4-6-8-12/h4-8,10-11,14H,9,15H2,1-3H3/t11-,14-/m0/s1. The van der Waals surface area contributed by atoms with Gasteiger partial charge in [0.1, 0.15) is 5.78 Å². The fraction of sp³-hybridized carbons (Fsp3) is 0.500. The monoisotopic (exact) mass is 219 g/mol. The predicted octanol–water partition coefficient (Wildman–Crippen LogP) is 2.73. The Balaban J connectivity index is 2.58. The molecular formula is C14H21NO. The number of nitrogens with two attached hydrogens (primary N) is 1. The first-order chi connectivity index (χ1) is 7.52. The van der Waals surface area contributed by atoms with Gasteiger partial charge in [0.2, 0.25) is 0 Å². The van der Waals surface area contributed by atoms with Crippen LogP contribution in [0.5, 0.6) is 0 Å². The summed E-state index contributed by atoms with van der Waals surface area (Å²) >= 11 is 0. The first kappa shape index (κ1) is 12.9. The molecule has 1 aromatic carbocycles. The lowest BCUT2D eigenvalue weighted by atomic mass is 9.90. The number of Topliss-reactive ketones (excluding diaryl/α,β-unsaturated/α-hetero) is 1. The number of ketones is 1. The summed E-state index contributed by atoms with van der Waals surface area (Å²) in [6, 6.07) is 9.76. The van der Waals surface area contributed by atoms with Crippen LogP contribution in [0.3, 0.4) is 0 Å². The first-order valence-electron chi connectivity index (χ1n) is 5.85. The van der Waals surface area contributed by atoms with Gasteiger partial charge in [-0.3, -0.25) is 4.79 Å². The van der Waals surface area contributed by atoms with Crippen LogP contribution >= 0.6 is 0 Å². The van der Waals surface area contributed by atoms with Crippen LogP contribution in [-0.4, -0.2) is 11.8 Å². The zero-order valence-corrected chi connectivity index (χ0v) is 10.3. The molecule has 0 amide bonds. The Labute approximate surface area is 97.9 Å². The molecule has 2 nitrogen and oxygen atoms in total. The van der Waals surface area contributed by atoms with Gasteiger partial charge in [0.15, 0.2) is 0 Å². The van der Waals surface area contributed by atoms with Gasteiger partial charge < -0.3 is 5.73 Å². The number of benzene rings is 1. The maximum absolute atomic E-state index is 11.8. The highest BCUT2D eigenvalue weighted by atomic mass is 16.1. The summed E-state index contributed by atoms with van der Waals surface area (Å²) in [6.45, 7) is 6.03. The molecule has 0 saturated carbocycles. The third-order valence-corrected chi connectivity index (χ3v) is 2.97. The van der Waals surface area contributed by atoms with Crippen LogP contribution in [-0.2, 0) is 4.79 Å². The molecule has 0 fully saturated rings. The van der Waals surface area contributed by atoms with Crippen LogP contribution in [0.15, 0.2) is 30.3 Å². The molecule has 0 aliphatic heterocycles. The lowest BCUT2D eigenvalue weighted by Crippen LogP contribution is -2.36. The molecule has 0 aliphatic carbocycles. The minimum atomic E-state index is -0.328. The smallest absolute Gasteiger partial charge is 0.150 e. The molecule has 0 heterocycles. The molecule has 0 bridgehead atoms. The van der Waals surface area contributed by atoms with E-state index in [1.54, 1.807) is 0 Å². The fourth-order valence-electron chi connectivity index (χ4n) is 1.71. The number of carbonyl (C=O) groups excluding carboxylic acids is 1. The van der Waals surface area contributed by atoms with Crippen LogP contribution in [0.2, 0.25) is 0 Å². The van der Waals surface area contributed by atoms with Crippen molar-refractivity contribution in [1.29, 1.82) is 0 Å². The normalized spacial score (nSPS) is 14.8. The molecule has 1 aromatic rings. The van der Waals surface area contributed by atoms with Crippen molar-refractivity contribution in [1.82, 2.24) is 0 Å². The lowest BCUT2D eigenvalue weighted by molar-refractivity contribution is -0.121. The van der Waals surface area contributed by atoms with Crippen LogP contribution < -0.4 is 5.73 Å². The second-order valence-corrected chi connectivity index (χ2v) is 4.75. The third-order valence-electron chi connectivity index (χ3n) is 2.97. The zero-order valence-electron chi connectivity index (χ0n) is 10.3. The number of hydrogen-bond donors (Lipinski definition) is 1. The van der Waals surface area contributed by atoms with Crippen LogP contribution in [0.1, 0.15) is 38.7 Å². The summed E-state index contributed by atoms with van der Waals surface area (Å²) in [7, 11) is 0. The first-order valence-corrected chi connectivity index (χ1v) is 5.85. The largest absolute Gasteiger partial charge is 0.321 e. The minimum absolute atomic E-state index is 0.159. The number of carbonyl (C=O) groups is 1. The van der Waals surface area contributed by atoms with Crippen molar-refractivity contribution in [3.63, 3.8) is 0 Å². The van der Waals surface area contributed by atoms with Crippen molar-refractivity contribution >= 4 is 5.78 Å². The minimum Gasteiger partial charge on any atom is -0.321 e. The summed E-state index contributed by atoms with van der Waals surface area (Å²) < 4.78 is 0. The second-order valence-electron chi connectivity index (χ2n) is 4.75. The molecule has 0 saturated heterocycles. The van der Waals surface area contributed by atoms with Gasteiger partial charge in [0.05, 0.1) is 6.04 Å². The molecule has 2 atom stereocenters. The van der Waals surface area contributed by atoms with E-state index in [9.17, 15) is 4.79 Å². The van der Waals surface area contributed by atoms with Gasteiger partial charge in [-0.15, -0.1) is 0 Å². The van der Waals surface area contributed by atoms with Gasteiger partial charge in [-0.25, -0.2) is 0 Å². The Morgan fingerprint density at radius 2 is 1.75 bits per heavy atom. The van der Waals surface area contributed by atoms with Gasteiger partial charge in [-0.2, -0.15) is 0 Å². The highest BCUT2D eigenvalue weighted by Crippen LogP contribution is 2.20. The maximum Gasteiger partial charge on any atom is 0.150 e. The highest BCUT2D eigenvalue weighted by Gasteiger charge is 2.19. The van der Waals surface area contributed by atoms with Crippen molar-refractivity contribution in [2.75, 3.05) is 0 Å². The van der Waals surface area contributed by atoms with E-state index in [1.807, 2.05) is 32.0 Å². The Morgan fingerprint density at radius 1 is 1.19 bits per heavy atom. The quantitative estimate of drug-likeness (QED) is 0.827. The molecule has 16 heavy (non-hydrogen) atoms. The van der Waals surface area contributed by atoms with E-state index in [4.69, 9.17) is 5.73 Å². The Kier molecular flexibility index (Phi) is 4.69. The van der Waals surface area contributed by atoms with Crippen molar-refractivity contribution < 1.29 is 4.79 Å². The summed E-state index contributed by atoms with van der Waals surface area (Å²) in [6.07, 6.45) is 0.531. The number of rotatable bonds is 5. The summed E-state index contributed by atoms with van der Waals surface area (Å²) in [5.41, 5.74) is 7.04. The maximum atomic E-state index is 11.8. The van der Waals surface area contributed by atoms with Crippen molar-refractivity contribution in [3.05, 3.63) is 35.9 Å². The van der Waals surface area contributed by atoms with Gasteiger partial charge >= 0.3 is 0 Å². The van der Waals surface area contributed by atoms with Crippen LogP contribution in [0.4, 0.5) is 0 Å². The van der Waals surface area contributed by atoms with E-state index < -0.39 is 0 Å². The Hall–Kier alpha value is -1.15. The molecule has 2 heteroatoms. The third kappa shape index (κ3) is 3.46.